The zero-order valence-corrected chi connectivity index (χ0v) is 20.1. The first-order valence-corrected chi connectivity index (χ1v) is 11.8. The van der Waals surface area contributed by atoms with Crippen LogP contribution in [0, 0.1) is 0 Å². The summed E-state index contributed by atoms with van der Waals surface area (Å²) in [5.41, 5.74) is 10.2. The van der Waals surface area contributed by atoms with E-state index in [1.165, 1.54) is 0 Å². The first-order chi connectivity index (χ1) is 16.9. The molecule has 0 aliphatic carbocycles. The van der Waals surface area contributed by atoms with Crippen molar-refractivity contribution in [1.82, 2.24) is 14.9 Å². The molecule has 0 spiro atoms. The summed E-state index contributed by atoms with van der Waals surface area (Å²) in [6.07, 6.45) is 2.16. The Morgan fingerprint density at radius 2 is 1.63 bits per heavy atom. The number of nitrogens with one attached hydrogen (secondary N) is 2. The number of benzene rings is 2. The molecular weight excluding hydrogens is 442 g/mol. The van der Waals surface area contributed by atoms with Gasteiger partial charge in [-0.05, 0) is 49.4 Å². The Morgan fingerprint density at radius 1 is 0.971 bits per heavy atom. The van der Waals surface area contributed by atoms with Crippen LogP contribution in [0.15, 0.2) is 60.8 Å². The fourth-order valence-corrected chi connectivity index (χ4v) is 3.91. The lowest BCUT2D eigenvalue weighted by atomic mass is 10.1. The molecule has 182 valence electrons. The summed E-state index contributed by atoms with van der Waals surface area (Å²) >= 11 is 0. The summed E-state index contributed by atoms with van der Waals surface area (Å²) < 4.78 is 0. The number of aromatic nitrogens is 2. The van der Waals surface area contributed by atoms with Crippen LogP contribution in [0.5, 0.6) is 0 Å². The highest BCUT2D eigenvalue weighted by Gasteiger charge is 2.23. The summed E-state index contributed by atoms with van der Waals surface area (Å²) in [4.78, 5) is 36.7. The van der Waals surface area contributed by atoms with Gasteiger partial charge in [0.2, 0.25) is 17.8 Å². The third-order valence-electron chi connectivity index (χ3n) is 5.91. The minimum absolute atomic E-state index is 0.00522. The molecule has 9 nitrogen and oxygen atoms in total. The molecule has 1 fully saturated rings. The topological polar surface area (TPSA) is 116 Å². The predicted octanol–water partition coefficient (Wildman–Crippen LogP) is 3.23. The van der Waals surface area contributed by atoms with E-state index in [1.54, 1.807) is 13.1 Å². The van der Waals surface area contributed by atoms with E-state index < -0.39 is 6.04 Å². The minimum Gasteiger partial charge on any atom is -0.368 e. The third-order valence-corrected chi connectivity index (χ3v) is 5.91. The van der Waals surface area contributed by atoms with Gasteiger partial charge >= 0.3 is 0 Å². The quantitative estimate of drug-likeness (QED) is 0.482. The summed E-state index contributed by atoms with van der Waals surface area (Å²) in [6, 6.07) is 17.1. The van der Waals surface area contributed by atoms with E-state index in [2.05, 4.69) is 37.6 Å². The van der Waals surface area contributed by atoms with Gasteiger partial charge in [-0.1, -0.05) is 19.1 Å². The van der Waals surface area contributed by atoms with Crippen molar-refractivity contribution in [3.63, 3.8) is 0 Å². The van der Waals surface area contributed by atoms with E-state index in [1.807, 2.05) is 54.3 Å². The van der Waals surface area contributed by atoms with Gasteiger partial charge in [-0.2, -0.15) is 0 Å². The lowest BCUT2D eigenvalue weighted by Gasteiger charge is -2.36. The summed E-state index contributed by atoms with van der Waals surface area (Å²) in [5.74, 6) is 0.489. The molecule has 0 saturated carbocycles. The highest BCUT2D eigenvalue weighted by Crippen LogP contribution is 2.24. The zero-order chi connectivity index (χ0) is 24.8. The van der Waals surface area contributed by atoms with Crippen molar-refractivity contribution in [3.05, 3.63) is 60.8 Å². The molecule has 2 aromatic carbocycles. The second-order valence-electron chi connectivity index (χ2n) is 8.52. The van der Waals surface area contributed by atoms with E-state index in [-0.39, 0.29) is 11.8 Å². The van der Waals surface area contributed by atoms with Gasteiger partial charge in [0.1, 0.15) is 0 Å². The highest BCUT2D eigenvalue weighted by atomic mass is 16.2. The summed E-state index contributed by atoms with van der Waals surface area (Å²) in [6.45, 7) is 6.44. The van der Waals surface area contributed by atoms with Gasteiger partial charge < -0.3 is 26.2 Å². The monoisotopic (exact) mass is 473 g/mol. The van der Waals surface area contributed by atoms with Crippen LogP contribution >= 0.6 is 0 Å². The molecule has 4 rings (SSSR count). The molecule has 1 aliphatic rings. The molecule has 1 aromatic heterocycles. The number of carbonyl (C=O) groups is 2. The molecule has 9 heteroatoms. The van der Waals surface area contributed by atoms with Gasteiger partial charge in [0.25, 0.3) is 0 Å². The maximum Gasteiger partial charge on any atom is 0.239 e. The van der Waals surface area contributed by atoms with Gasteiger partial charge in [0.05, 0.1) is 11.7 Å². The zero-order valence-electron chi connectivity index (χ0n) is 20.1. The first-order valence-electron chi connectivity index (χ1n) is 11.8. The first kappa shape index (κ1) is 24.2. The van der Waals surface area contributed by atoms with Crippen molar-refractivity contribution < 1.29 is 9.59 Å². The van der Waals surface area contributed by atoms with Gasteiger partial charge in [-0.3, -0.25) is 9.59 Å². The molecule has 0 bridgehead atoms. The van der Waals surface area contributed by atoms with Crippen LogP contribution in [-0.4, -0.2) is 58.9 Å². The largest absolute Gasteiger partial charge is 0.368 e. The number of nitrogens with zero attached hydrogens (tertiary/aromatic N) is 4. The van der Waals surface area contributed by atoms with E-state index in [0.29, 0.717) is 25.5 Å². The van der Waals surface area contributed by atoms with E-state index in [0.717, 1.165) is 41.4 Å². The Labute approximate surface area is 205 Å². The summed E-state index contributed by atoms with van der Waals surface area (Å²) in [7, 11) is 0. The van der Waals surface area contributed by atoms with Gasteiger partial charge in [-0.15, -0.1) is 0 Å². The lowest BCUT2D eigenvalue weighted by Crippen LogP contribution is -2.52. The third kappa shape index (κ3) is 6.13. The molecule has 35 heavy (non-hydrogen) atoms. The van der Waals surface area contributed by atoms with Gasteiger partial charge in [0, 0.05) is 61.4 Å². The number of hydrogen-bond acceptors (Lipinski definition) is 7. The summed E-state index contributed by atoms with van der Waals surface area (Å²) in [5, 5.41) is 6.10. The van der Waals surface area contributed by atoms with Crippen LogP contribution in [-0.2, 0) is 9.59 Å². The molecule has 3 aromatic rings. The van der Waals surface area contributed by atoms with Crippen molar-refractivity contribution in [2.45, 2.75) is 26.3 Å². The number of nitrogens with two attached hydrogens (primary N) is 1. The second kappa shape index (κ2) is 11.0. The van der Waals surface area contributed by atoms with Crippen LogP contribution in [0.1, 0.15) is 20.3 Å². The number of amides is 2. The van der Waals surface area contributed by atoms with Crippen LogP contribution in [0.2, 0.25) is 0 Å². The standard InChI is InChI=1S/C26H31N7O2/c1-3-24(34)29-20-6-4-19(5-7-20)23-12-13-28-26(31-23)30-21-8-10-22(11-9-21)32-14-16-33(17-15-32)25(35)18(2)27/h4-13,18H,3,14-17,27H2,1-2H3,(H,29,34)(H,28,30,31). The molecule has 1 unspecified atom stereocenters. The molecule has 1 saturated heterocycles. The van der Waals surface area contributed by atoms with E-state index in [4.69, 9.17) is 5.73 Å². The smallest absolute Gasteiger partial charge is 0.239 e. The molecule has 4 N–H and O–H groups in total. The van der Waals surface area contributed by atoms with Crippen LogP contribution in [0.25, 0.3) is 11.3 Å². The predicted molar refractivity (Wildman–Crippen MR) is 139 cm³/mol. The molecule has 1 atom stereocenters. The minimum atomic E-state index is -0.458. The fourth-order valence-electron chi connectivity index (χ4n) is 3.91. The Hall–Kier alpha value is -3.98. The average Bonchev–Trinajstić information content (AvgIpc) is 2.89. The molecular formula is C26H31N7O2. The Bertz CT molecular complexity index is 1160. The Kier molecular flexibility index (Phi) is 7.57. The number of hydrogen-bond donors (Lipinski definition) is 3. The van der Waals surface area contributed by atoms with Crippen LogP contribution in [0.4, 0.5) is 23.0 Å². The molecule has 2 amide bonds. The van der Waals surface area contributed by atoms with Crippen molar-refractivity contribution in [3.8, 4) is 11.3 Å². The Morgan fingerprint density at radius 3 is 2.26 bits per heavy atom. The van der Waals surface area contributed by atoms with Gasteiger partial charge in [0.15, 0.2) is 0 Å². The van der Waals surface area contributed by atoms with Crippen LogP contribution < -0.4 is 21.3 Å². The maximum absolute atomic E-state index is 12.1. The maximum atomic E-state index is 12.1. The average molecular weight is 474 g/mol. The molecule has 1 aliphatic heterocycles. The van der Waals surface area contributed by atoms with Crippen molar-refractivity contribution >= 4 is 34.8 Å². The van der Waals surface area contributed by atoms with Crippen molar-refractivity contribution in [2.75, 3.05) is 41.7 Å². The van der Waals surface area contributed by atoms with Crippen molar-refractivity contribution in [1.29, 1.82) is 0 Å². The number of carbonyl (C=O) groups excluding carboxylic acids is 2. The number of piperazine rings is 1. The SMILES string of the molecule is CCC(=O)Nc1ccc(-c2ccnc(Nc3ccc(N4CCN(C(=O)C(C)N)CC4)cc3)n2)cc1. The van der Waals surface area contributed by atoms with Gasteiger partial charge in [-0.25, -0.2) is 9.97 Å². The normalized spacial score (nSPS) is 14.4. The number of anilines is 4. The van der Waals surface area contributed by atoms with E-state index >= 15 is 0 Å². The van der Waals surface area contributed by atoms with E-state index in [9.17, 15) is 9.59 Å². The van der Waals surface area contributed by atoms with Crippen LogP contribution in [0.3, 0.4) is 0 Å². The molecule has 2 heterocycles. The molecule has 0 radical (unpaired) electrons. The van der Waals surface area contributed by atoms with Crippen molar-refractivity contribution in [2.24, 2.45) is 5.73 Å². The lowest BCUT2D eigenvalue weighted by molar-refractivity contribution is -0.132. The fraction of sp³-hybridized carbons (Fsp3) is 0.308. The highest BCUT2D eigenvalue weighted by molar-refractivity contribution is 5.90. The second-order valence-corrected chi connectivity index (χ2v) is 8.52. The Balaban J connectivity index is 1.37. The number of rotatable bonds is 7.